The van der Waals surface area contributed by atoms with Crippen molar-refractivity contribution in [1.82, 2.24) is 4.90 Å². The van der Waals surface area contributed by atoms with E-state index >= 15 is 0 Å². The number of carbonyl (C=O) groups excluding carboxylic acids is 1. The Balaban J connectivity index is 1.44. The van der Waals surface area contributed by atoms with E-state index < -0.39 is 0 Å². The molecule has 1 aliphatic rings. The van der Waals surface area contributed by atoms with Gasteiger partial charge in [0.25, 0.3) is 0 Å². The van der Waals surface area contributed by atoms with Gasteiger partial charge in [-0.05, 0) is 53.3 Å². The number of thioether (sulfide) groups is 1. The van der Waals surface area contributed by atoms with Gasteiger partial charge in [-0.3, -0.25) is 4.79 Å². The summed E-state index contributed by atoms with van der Waals surface area (Å²) in [5.41, 5.74) is 1.33. The molecule has 0 N–H and O–H groups in total. The zero-order valence-corrected chi connectivity index (χ0v) is 15.2. The number of hydrogen-bond acceptors (Lipinski definition) is 3. The highest BCUT2D eigenvalue weighted by Crippen LogP contribution is 2.33. The van der Waals surface area contributed by atoms with Crippen LogP contribution in [0.3, 0.4) is 0 Å². The Bertz CT molecular complexity index is 886. The SMILES string of the molecule is C[C@@H]1c2ccsc2CCN1C(=O)CSc1ccc2ccccc2c1. The number of hydrogen-bond donors (Lipinski definition) is 0. The highest BCUT2D eigenvalue weighted by atomic mass is 32.2. The van der Waals surface area contributed by atoms with Gasteiger partial charge >= 0.3 is 0 Å². The molecule has 1 aliphatic heterocycles. The Morgan fingerprint density at radius 1 is 1.21 bits per heavy atom. The molecule has 0 saturated carbocycles. The minimum atomic E-state index is 0.199. The molecule has 2 nitrogen and oxygen atoms in total. The minimum Gasteiger partial charge on any atom is -0.335 e. The predicted molar refractivity (Wildman–Crippen MR) is 103 cm³/mol. The largest absolute Gasteiger partial charge is 0.335 e. The van der Waals surface area contributed by atoms with Crippen molar-refractivity contribution in [3.8, 4) is 0 Å². The van der Waals surface area contributed by atoms with Crippen LogP contribution in [0.15, 0.2) is 58.8 Å². The standard InChI is InChI=1S/C20H19NOS2/c1-14-18-9-11-23-19(18)8-10-21(14)20(22)13-24-17-7-6-15-4-2-3-5-16(15)12-17/h2-7,9,11-12,14H,8,10,13H2,1H3/t14-/m1/s1. The average molecular weight is 354 g/mol. The maximum absolute atomic E-state index is 12.7. The molecule has 1 amide bonds. The van der Waals surface area contributed by atoms with E-state index in [1.807, 2.05) is 16.2 Å². The summed E-state index contributed by atoms with van der Waals surface area (Å²) >= 11 is 3.44. The van der Waals surface area contributed by atoms with Gasteiger partial charge in [-0.1, -0.05) is 30.3 Å². The lowest BCUT2D eigenvalue weighted by atomic mass is 10.0. The second-order valence-electron chi connectivity index (χ2n) is 6.11. The zero-order chi connectivity index (χ0) is 16.5. The van der Waals surface area contributed by atoms with Crippen molar-refractivity contribution in [1.29, 1.82) is 0 Å². The van der Waals surface area contributed by atoms with Crippen molar-refractivity contribution in [2.75, 3.05) is 12.3 Å². The molecule has 1 atom stereocenters. The fourth-order valence-electron chi connectivity index (χ4n) is 3.34. The molecule has 4 rings (SSSR count). The van der Waals surface area contributed by atoms with E-state index in [1.165, 1.54) is 21.2 Å². The first-order valence-electron chi connectivity index (χ1n) is 8.20. The van der Waals surface area contributed by atoms with Crippen molar-refractivity contribution < 1.29 is 4.79 Å². The molecule has 0 bridgehead atoms. The molecular weight excluding hydrogens is 334 g/mol. The molecule has 0 saturated heterocycles. The van der Waals surface area contributed by atoms with Crippen LogP contribution in [-0.4, -0.2) is 23.1 Å². The van der Waals surface area contributed by atoms with E-state index in [2.05, 4.69) is 60.8 Å². The summed E-state index contributed by atoms with van der Waals surface area (Å²) in [4.78, 5) is 17.3. The number of rotatable bonds is 3. The number of fused-ring (bicyclic) bond motifs is 2. The topological polar surface area (TPSA) is 20.3 Å². The van der Waals surface area contributed by atoms with Gasteiger partial charge in [-0.25, -0.2) is 0 Å². The van der Waals surface area contributed by atoms with Gasteiger partial charge < -0.3 is 4.90 Å². The van der Waals surface area contributed by atoms with Gasteiger partial charge in [0.2, 0.25) is 5.91 Å². The molecule has 122 valence electrons. The van der Waals surface area contributed by atoms with E-state index in [1.54, 1.807) is 11.8 Å². The van der Waals surface area contributed by atoms with Crippen LogP contribution in [0.5, 0.6) is 0 Å². The lowest BCUT2D eigenvalue weighted by molar-refractivity contribution is -0.130. The summed E-state index contributed by atoms with van der Waals surface area (Å²) in [5.74, 6) is 0.736. The molecule has 0 fully saturated rings. The van der Waals surface area contributed by atoms with Crippen LogP contribution in [0.1, 0.15) is 23.4 Å². The minimum absolute atomic E-state index is 0.199. The van der Waals surface area contributed by atoms with Gasteiger partial charge in [-0.15, -0.1) is 23.1 Å². The van der Waals surface area contributed by atoms with Crippen LogP contribution in [0.2, 0.25) is 0 Å². The maximum atomic E-state index is 12.7. The van der Waals surface area contributed by atoms with Crippen molar-refractivity contribution in [2.45, 2.75) is 24.3 Å². The number of benzene rings is 2. The first-order valence-corrected chi connectivity index (χ1v) is 10.1. The molecule has 0 radical (unpaired) electrons. The van der Waals surface area contributed by atoms with Crippen LogP contribution in [0.4, 0.5) is 0 Å². The molecule has 4 heteroatoms. The Morgan fingerprint density at radius 3 is 2.92 bits per heavy atom. The number of nitrogens with zero attached hydrogens (tertiary/aromatic N) is 1. The van der Waals surface area contributed by atoms with Gasteiger partial charge in [0.15, 0.2) is 0 Å². The lowest BCUT2D eigenvalue weighted by Gasteiger charge is -2.33. The summed E-state index contributed by atoms with van der Waals surface area (Å²) in [5, 5.41) is 4.60. The Morgan fingerprint density at radius 2 is 2.04 bits per heavy atom. The summed E-state index contributed by atoms with van der Waals surface area (Å²) in [6.07, 6.45) is 0.990. The average Bonchev–Trinajstić information content (AvgIpc) is 3.09. The van der Waals surface area contributed by atoms with Crippen LogP contribution in [0.25, 0.3) is 10.8 Å². The third kappa shape index (κ3) is 2.96. The summed E-state index contributed by atoms with van der Waals surface area (Å²) in [7, 11) is 0. The number of amides is 1. The van der Waals surface area contributed by atoms with Gasteiger partial charge in [0, 0.05) is 16.3 Å². The third-order valence-electron chi connectivity index (χ3n) is 4.68. The van der Waals surface area contributed by atoms with Crippen molar-refractivity contribution in [3.63, 3.8) is 0 Å². The fraction of sp³-hybridized carbons (Fsp3) is 0.250. The van der Waals surface area contributed by atoms with Crippen molar-refractivity contribution in [2.24, 2.45) is 0 Å². The molecule has 1 aromatic heterocycles. The second kappa shape index (κ2) is 6.61. The number of carbonyl (C=O) groups is 1. The molecule has 0 aliphatic carbocycles. The Labute approximate surface area is 150 Å². The maximum Gasteiger partial charge on any atom is 0.233 e. The first-order chi connectivity index (χ1) is 11.7. The Hall–Kier alpha value is -1.78. The summed E-state index contributed by atoms with van der Waals surface area (Å²) < 4.78 is 0. The van der Waals surface area contributed by atoms with Crippen LogP contribution in [-0.2, 0) is 11.2 Å². The normalized spacial score (nSPS) is 17.0. The third-order valence-corrected chi connectivity index (χ3v) is 6.66. The zero-order valence-electron chi connectivity index (χ0n) is 13.6. The predicted octanol–water partition coefficient (Wildman–Crippen LogP) is 5.14. The van der Waals surface area contributed by atoms with E-state index in [9.17, 15) is 4.79 Å². The molecule has 2 aromatic carbocycles. The highest BCUT2D eigenvalue weighted by molar-refractivity contribution is 8.00. The lowest BCUT2D eigenvalue weighted by Crippen LogP contribution is -2.39. The van der Waals surface area contributed by atoms with E-state index in [0.717, 1.165) is 17.9 Å². The first kappa shape index (κ1) is 15.7. The van der Waals surface area contributed by atoms with E-state index in [4.69, 9.17) is 0 Å². The molecule has 0 spiro atoms. The molecular formula is C20H19NOS2. The highest BCUT2D eigenvalue weighted by Gasteiger charge is 2.28. The van der Waals surface area contributed by atoms with Crippen molar-refractivity contribution in [3.05, 3.63) is 64.4 Å². The summed E-state index contributed by atoms with van der Waals surface area (Å²) in [6, 6.07) is 17.1. The second-order valence-corrected chi connectivity index (χ2v) is 8.16. The smallest absolute Gasteiger partial charge is 0.233 e. The quantitative estimate of drug-likeness (QED) is 0.608. The van der Waals surface area contributed by atoms with E-state index in [-0.39, 0.29) is 11.9 Å². The summed E-state index contributed by atoms with van der Waals surface area (Å²) in [6.45, 7) is 2.98. The Kier molecular flexibility index (Phi) is 4.33. The van der Waals surface area contributed by atoms with E-state index in [0.29, 0.717) is 5.75 Å². The fourth-order valence-corrected chi connectivity index (χ4v) is 5.13. The molecule has 3 aromatic rings. The monoisotopic (exact) mass is 353 g/mol. The van der Waals surface area contributed by atoms with Gasteiger partial charge in [0.05, 0.1) is 11.8 Å². The number of thiophene rings is 1. The molecule has 2 heterocycles. The van der Waals surface area contributed by atoms with Crippen molar-refractivity contribution >= 4 is 39.8 Å². The van der Waals surface area contributed by atoms with Gasteiger partial charge in [0.1, 0.15) is 0 Å². The van der Waals surface area contributed by atoms with Crippen LogP contribution < -0.4 is 0 Å². The molecule has 24 heavy (non-hydrogen) atoms. The van der Waals surface area contributed by atoms with Gasteiger partial charge in [-0.2, -0.15) is 0 Å². The van der Waals surface area contributed by atoms with Crippen LogP contribution in [0, 0.1) is 0 Å². The molecule has 0 unspecified atom stereocenters. The van der Waals surface area contributed by atoms with Crippen LogP contribution >= 0.6 is 23.1 Å².